The van der Waals surface area contributed by atoms with Crippen molar-refractivity contribution in [1.82, 2.24) is 0 Å². The van der Waals surface area contributed by atoms with Crippen LogP contribution >= 0.6 is 27.5 Å². The van der Waals surface area contributed by atoms with E-state index in [1.807, 2.05) is 12.1 Å². The minimum absolute atomic E-state index is 0.735. The second-order valence-electron chi connectivity index (χ2n) is 3.52. The first-order chi connectivity index (χ1) is 6.68. The van der Waals surface area contributed by atoms with Crippen LogP contribution in [-0.4, -0.2) is 13.1 Å². The number of nitrogen functional groups attached to an aromatic ring is 1. The van der Waals surface area contributed by atoms with Gasteiger partial charge in [-0.05, 0) is 25.0 Å². The quantitative estimate of drug-likeness (QED) is 0.797. The Bertz CT molecular complexity index is 325. The molecule has 0 saturated carbocycles. The molecule has 14 heavy (non-hydrogen) atoms. The van der Waals surface area contributed by atoms with Crippen molar-refractivity contribution in [2.45, 2.75) is 12.8 Å². The number of anilines is 2. The van der Waals surface area contributed by atoms with Crippen molar-refractivity contribution in [2.75, 3.05) is 23.7 Å². The van der Waals surface area contributed by atoms with Gasteiger partial charge in [-0.3, -0.25) is 0 Å². The van der Waals surface area contributed by atoms with Crippen LogP contribution in [0.2, 0.25) is 5.02 Å². The summed E-state index contributed by atoms with van der Waals surface area (Å²) in [6, 6.07) is 3.80. The maximum Gasteiger partial charge on any atom is 0.0789 e. The Hall–Kier alpha value is -0.410. The molecule has 0 unspecified atom stereocenters. The Kier molecular flexibility index (Phi) is 2.88. The first-order valence-corrected chi connectivity index (χ1v) is 5.85. The number of hydrogen-bond acceptors (Lipinski definition) is 2. The van der Waals surface area contributed by atoms with Crippen LogP contribution in [0.25, 0.3) is 0 Å². The molecule has 2 rings (SSSR count). The van der Waals surface area contributed by atoms with Crippen LogP contribution in [0.5, 0.6) is 0 Å². The summed E-state index contributed by atoms with van der Waals surface area (Å²) in [5.74, 6) is 0. The maximum atomic E-state index is 6.16. The van der Waals surface area contributed by atoms with Crippen LogP contribution in [0, 0.1) is 0 Å². The topological polar surface area (TPSA) is 29.3 Å². The molecular weight excluding hydrogens is 263 g/mol. The Morgan fingerprint density at radius 1 is 1.29 bits per heavy atom. The number of hydrogen-bond donors (Lipinski definition) is 1. The Labute approximate surface area is 97.2 Å². The van der Waals surface area contributed by atoms with Gasteiger partial charge in [0.2, 0.25) is 0 Å². The largest absolute Gasteiger partial charge is 0.397 e. The molecule has 0 radical (unpaired) electrons. The first-order valence-electron chi connectivity index (χ1n) is 4.68. The summed E-state index contributed by atoms with van der Waals surface area (Å²) in [7, 11) is 0. The van der Waals surface area contributed by atoms with Crippen molar-refractivity contribution >= 4 is 38.9 Å². The number of nitrogens with two attached hydrogens (primary N) is 1. The molecule has 0 aromatic heterocycles. The van der Waals surface area contributed by atoms with Gasteiger partial charge in [0.1, 0.15) is 0 Å². The zero-order valence-corrected chi connectivity index (χ0v) is 10.1. The SMILES string of the molecule is Nc1cc(Br)cc(Cl)c1N1CCCC1. The third-order valence-electron chi connectivity index (χ3n) is 2.48. The highest BCUT2D eigenvalue weighted by Gasteiger charge is 2.17. The fourth-order valence-corrected chi connectivity index (χ4v) is 2.81. The second kappa shape index (κ2) is 3.99. The zero-order valence-electron chi connectivity index (χ0n) is 7.76. The van der Waals surface area contributed by atoms with E-state index in [2.05, 4.69) is 20.8 Å². The summed E-state index contributed by atoms with van der Waals surface area (Å²) in [6.07, 6.45) is 2.46. The van der Waals surface area contributed by atoms with Gasteiger partial charge in [-0.2, -0.15) is 0 Å². The molecule has 0 amide bonds. The van der Waals surface area contributed by atoms with E-state index in [1.165, 1.54) is 12.8 Å². The van der Waals surface area contributed by atoms with Gasteiger partial charge in [-0.1, -0.05) is 27.5 Å². The molecule has 4 heteroatoms. The standard InChI is InChI=1S/C10H12BrClN2/c11-7-5-8(12)10(9(13)6-7)14-3-1-2-4-14/h5-6H,1-4,13H2. The molecule has 1 aromatic carbocycles. The molecule has 2 nitrogen and oxygen atoms in total. The van der Waals surface area contributed by atoms with Gasteiger partial charge in [0.05, 0.1) is 16.4 Å². The summed E-state index contributed by atoms with van der Waals surface area (Å²) in [6.45, 7) is 2.12. The number of halogens is 2. The van der Waals surface area contributed by atoms with Crippen molar-refractivity contribution < 1.29 is 0 Å². The second-order valence-corrected chi connectivity index (χ2v) is 4.84. The van der Waals surface area contributed by atoms with E-state index >= 15 is 0 Å². The monoisotopic (exact) mass is 274 g/mol. The van der Waals surface area contributed by atoms with Crippen molar-refractivity contribution in [2.24, 2.45) is 0 Å². The maximum absolute atomic E-state index is 6.16. The van der Waals surface area contributed by atoms with Crippen LogP contribution in [0.15, 0.2) is 16.6 Å². The molecular formula is C10H12BrClN2. The lowest BCUT2D eigenvalue weighted by Crippen LogP contribution is -2.19. The van der Waals surface area contributed by atoms with Gasteiger partial charge in [0.15, 0.2) is 0 Å². The lowest BCUT2D eigenvalue weighted by molar-refractivity contribution is 0.949. The molecule has 1 saturated heterocycles. The highest BCUT2D eigenvalue weighted by Crippen LogP contribution is 2.36. The van der Waals surface area contributed by atoms with Gasteiger partial charge in [-0.15, -0.1) is 0 Å². The summed E-state index contributed by atoms with van der Waals surface area (Å²) in [5.41, 5.74) is 7.69. The van der Waals surface area contributed by atoms with E-state index in [4.69, 9.17) is 17.3 Å². The lowest BCUT2D eigenvalue weighted by atomic mass is 10.2. The van der Waals surface area contributed by atoms with E-state index < -0.39 is 0 Å². The van der Waals surface area contributed by atoms with Crippen LogP contribution in [0.4, 0.5) is 11.4 Å². The normalized spacial score (nSPS) is 16.3. The average molecular weight is 276 g/mol. The van der Waals surface area contributed by atoms with Crippen LogP contribution in [0.3, 0.4) is 0 Å². The molecule has 0 bridgehead atoms. The molecule has 1 aromatic rings. The summed E-state index contributed by atoms with van der Waals surface area (Å²) in [4.78, 5) is 2.25. The smallest absolute Gasteiger partial charge is 0.0789 e. The van der Waals surface area contributed by atoms with E-state index in [0.717, 1.165) is 34.0 Å². The Morgan fingerprint density at radius 3 is 2.50 bits per heavy atom. The fraction of sp³-hybridized carbons (Fsp3) is 0.400. The molecule has 0 atom stereocenters. The van der Waals surface area contributed by atoms with Crippen LogP contribution in [0.1, 0.15) is 12.8 Å². The van der Waals surface area contributed by atoms with Gasteiger partial charge < -0.3 is 10.6 Å². The molecule has 1 aliphatic rings. The first kappa shape index (κ1) is 10.1. The molecule has 1 heterocycles. The van der Waals surface area contributed by atoms with Crippen LogP contribution in [-0.2, 0) is 0 Å². The Morgan fingerprint density at radius 2 is 1.93 bits per heavy atom. The predicted molar refractivity (Wildman–Crippen MR) is 65.0 cm³/mol. The minimum Gasteiger partial charge on any atom is -0.397 e. The zero-order chi connectivity index (χ0) is 10.1. The highest BCUT2D eigenvalue weighted by atomic mass is 79.9. The van der Waals surface area contributed by atoms with E-state index in [-0.39, 0.29) is 0 Å². The van der Waals surface area contributed by atoms with Crippen molar-refractivity contribution in [1.29, 1.82) is 0 Å². The summed E-state index contributed by atoms with van der Waals surface area (Å²) >= 11 is 9.54. The van der Waals surface area contributed by atoms with Gasteiger partial charge in [0, 0.05) is 17.6 Å². The van der Waals surface area contributed by atoms with Gasteiger partial charge in [0.25, 0.3) is 0 Å². The van der Waals surface area contributed by atoms with Crippen LogP contribution < -0.4 is 10.6 Å². The lowest BCUT2D eigenvalue weighted by Gasteiger charge is -2.21. The van der Waals surface area contributed by atoms with Gasteiger partial charge >= 0.3 is 0 Å². The van der Waals surface area contributed by atoms with Gasteiger partial charge in [-0.25, -0.2) is 0 Å². The van der Waals surface area contributed by atoms with Crippen molar-refractivity contribution in [3.8, 4) is 0 Å². The van der Waals surface area contributed by atoms with E-state index in [0.29, 0.717) is 0 Å². The molecule has 0 aliphatic carbocycles. The molecule has 76 valence electrons. The predicted octanol–water partition coefficient (Wildman–Crippen LogP) is 3.28. The average Bonchev–Trinajstić information content (AvgIpc) is 2.54. The van der Waals surface area contributed by atoms with Crippen molar-refractivity contribution in [3.63, 3.8) is 0 Å². The number of benzene rings is 1. The highest BCUT2D eigenvalue weighted by molar-refractivity contribution is 9.10. The third kappa shape index (κ3) is 1.84. The molecule has 2 N–H and O–H groups in total. The molecule has 0 spiro atoms. The van der Waals surface area contributed by atoms with E-state index in [1.54, 1.807) is 0 Å². The molecule has 1 aliphatic heterocycles. The molecule has 1 fully saturated rings. The number of nitrogens with zero attached hydrogens (tertiary/aromatic N) is 1. The minimum atomic E-state index is 0.735. The van der Waals surface area contributed by atoms with E-state index in [9.17, 15) is 0 Å². The Balaban J connectivity index is 2.40. The fourth-order valence-electron chi connectivity index (χ4n) is 1.86. The number of rotatable bonds is 1. The third-order valence-corrected chi connectivity index (χ3v) is 3.23. The van der Waals surface area contributed by atoms with Crippen molar-refractivity contribution in [3.05, 3.63) is 21.6 Å². The summed E-state index contributed by atoms with van der Waals surface area (Å²) < 4.78 is 0.933. The summed E-state index contributed by atoms with van der Waals surface area (Å²) in [5, 5.41) is 0.735.